The molecule has 0 aromatic rings. The lowest BCUT2D eigenvalue weighted by Gasteiger charge is -2.18. The van der Waals surface area contributed by atoms with Crippen LogP contribution in [0, 0.1) is 5.92 Å². The summed E-state index contributed by atoms with van der Waals surface area (Å²) in [5, 5.41) is 0. The van der Waals surface area contributed by atoms with Crippen molar-refractivity contribution in [2.45, 2.75) is 323 Å². The maximum absolute atomic E-state index is 12.8. The molecule has 0 radical (unpaired) electrons. The standard InChI is InChI=1S/C56H108O6/c1-5-7-9-11-13-15-16-17-18-19-22-26-29-33-37-41-45-49-56(59)62-53(50-60-54(57)47-43-39-35-30-14-12-10-8-6-2)51-61-55(58)48-44-40-36-32-28-25-23-20-21-24-27-31-34-38-42-46-52(3)4/h52-53H,5-51H2,1-4H3/t53-/m1/s1. The lowest BCUT2D eigenvalue weighted by molar-refractivity contribution is -0.167. The van der Waals surface area contributed by atoms with E-state index in [1.165, 1.54) is 212 Å². The van der Waals surface area contributed by atoms with Crippen molar-refractivity contribution in [3.8, 4) is 0 Å². The first-order chi connectivity index (χ1) is 30.4. The van der Waals surface area contributed by atoms with Crippen LogP contribution in [0.15, 0.2) is 0 Å². The van der Waals surface area contributed by atoms with Crippen LogP contribution in [0.2, 0.25) is 0 Å². The molecule has 368 valence electrons. The molecule has 0 aliphatic heterocycles. The SMILES string of the molecule is CCCCCCCCCCCCCCCCCCCC(=O)O[C@H](COC(=O)CCCCCCCCCCC)COC(=O)CCCCCCCCCCCCCCCCCC(C)C. The molecule has 0 spiro atoms. The van der Waals surface area contributed by atoms with Crippen LogP contribution in [0.1, 0.15) is 317 Å². The average Bonchev–Trinajstić information content (AvgIpc) is 3.26. The summed E-state index contributed by atoms with van der Waals surface area (Å²) in [6, 6.07) is 0. The molecule has 0 bridgehead atoms. The summed E-state index contributed by atoms with van der Waals surface area (Å²) >= 11 is 0. The molecular formula is C56H108O6. The molecule has 0 aromatic carbocycles. The fourth-order valence-electron chi connectivity index (χ4n) is 8.57. The van der Waals surface area contributed by atoms with Gasteiger partial charge in [-0.1, -0.05) is 278 Å². The van der Waals surface area contributed by atoms with E-state index in [9.17, 15) is 14.4 Å². The second-order valence-corrected chi connectivity index (χ2v) is 19.7. The zero-order chi connectivity index (χ0) is 45.2. The van der Waals surface area contributed by atoms with Gasteiger partial charge in [-0.25, -0.2) is 0 Å². The molecule has 0 aromatic heterocycles. The third-order valence-corrected chi connectivity index (χ3v) is 12.8. The molecule has 0 fully saturated rings. The number of esters is 3. The van der Waals surface area contributed by atoms with Crippen LogP contribution < -0.4 is 0 Å². The molecule has 0 saturated heterocycles. The second-order valence-electron chi connectivity index (χ2n) is 19.7. The van der Waals surface area contributed by atoms with Crippen molar-refractivity contribution in [3.63, 3.8) is 0 Å². The van der Waals surface area contributed by atoms with Crippen LogP contribution in [0.3, 0.4) is 0 Å². The van der Waals surface area contributed by atoms with Crippen LogP contribution >= 0.6 is 0 Å². The van der Waals surface area contributed by atoms with Gasteiger partial charge in [0.2, 0.25) is 0 Å². The molecule has 0 heterocycles. The summed E-state index contributed by atoms with van der Waals surface area (Å²) in [7, 11) is 0. The van der Waals surface area contributed by atoms with Crippen molar-refractivity contribution in [2.24, 2.45) is 5.92 Å². The Kier molecular flexibility index (Phi) is 49.1. The molecule has 0 unspecified atom stereocenters. The number of hydrogen-bond acceptors (Lipinski definition) is 6. The molecule has 6 heteroatoms. The zero-order valence-corrected chi connectivity index (χ0v) is 42.3. The minimum atomic E-state index is -0.760. The van der Waals surface area contributed by atoms with Crippen molar-refractivity contribution >= 4 is 17.9 Å². The van der Waals surface area contributed by atoms with Crippen molar-refractivity contribution in [1.82, 2.24) is 0 Å². The maximum atomic E-state index is 12.8. The number of ether oxygens (including phenoxy) is 3. The average molecular weight is 877 g/mol. The topological polar surface area (TPSA) is 78.9 Å². The third kappa shape index (κ3) is 49.4. The Balaban J connectivity index is 4.22. The summed E-state index contributed by atoms with van der Waals surface area (Å²) in [6.07, 6.45) is 53.8. The molecule has 6 nitrogen and oxygen atoms in total. The van der Waals surface area contributed by atoms with Gasteiger partial charge in [0.25, 0.3) is 0 Å². The Labute approximate surface area is 387 Å². The largest absolute Gasteiger partial charge is 0.462 e. The van der Waals surface area contributed by atoms with Crippen LogP contribution in [0.4, 0.5) is 0 Å². The minimum Gasteiger partial charge on any atom is -0.462 e. The van der Waals surface area contributed by atoms with Crippen molar-refractivity contribution in [3.05, 3.63) is 0 Å². The fourth-order valence-corrected chi connectivity index (χ4v) is 8.57. The predicted octanol–water partition coefficient (Wildman–Crippen LogP) is 18.2. The van der Waals surface area contributed by atoms with Crippen molar-refractivity contribution in [1.29, 1.82) is 0 Å². The Morgan fingerprint density at radius 2 is 0.532 bits per heavy atom. The maximum Gasteiger partial charge on any atom is 0.306 e. The van der Waals surface area contributed by atoms with E-state index in [1.807, 2.05) is 0 Å². The number of carbonyl (C=O) groups excluding carboxylic acids is 3. The highest BCUT2D eigenvalue weighted by Gasteiger charge is 2.19. The van der Waals surface area contributed by atoms with E-state index in [2.05, 4.69) is 27.7 Å². The molecule has 62 heavy (non-hydrogen) atoms. The van der Waals surface area contributed by atoms with Crippen LogP contribution in [-0.4, -0.2) is 37.2 Å². The highest BCUT2D eigenvalue weighted by atomic mass is 16.6. The van der Waals surface area contributed by atoms with Gasteiger partial charge in [-0.2, -0.15) is 0 Å². The van der Waals surface area contributed by atoms with Crippen LogP contribution in [-0.2, 0) is 28.6 Å². The van der Waals surface area contributed by atoms with Gasteiger partial charge in [0.15, 0.2) is 6.10 Å². The summed E-state index contributed by atoms with van der Waals surface area (Å²) < 4.78 is 16.8. The summed E-state index contributed by atoms with van der Waals surface area (Å²) in [4.78, 5) is 38.0. The predicted molar refractivity (Wildman–Crippen MR) is 266 cm³/mol. The molecule has 0 amide bonds. The Bertz CT molecular complexity index is 933. The number of rotatable bonds is 51. The summed E-state index contributed by atoms with van der Waals surface area (Å²) in [5.41, 5.74) is 0. The molecule has 0 rings (SSSR count). The fraction of sp³-hybridized carbons (Fsp3) is 0.946. The lowest BCUT2D eigenvalue weighted by atomic mass is 10.0. The first-order valence-corrected chi connectivity index (χ1v) is 27.9. The van der Waals surface area contributed by atoms with Gasteiger partial charge < -0.3 is 14.2 Å². The highest BCUT2D eigenvalue weighted by Crippen LogP contribution is 2.18. The van der Waals surface area contributed by atoms with Gasteiger partial charge in [0.1, 0.15) is 13.2 Å². The normalized spacial score (nSPS) is 12.0. The lowest BCUT2D eigenvalue weighted by Crippen LogP contribution is -2.30. The molecule has 1 atom stereocenters. The van der Waals surface area contributed by atoms with E-state index in [1.54, 1.807) is 0 Å². The Hall–Kier alpha value is -1.59. The van der Waals surface area contributed by atoms with E-state index in [0.717, 1.165) is 63.7 Å². The zero-order valence-electron chi connectivity index (χ0n) is 42.3. The minimum absolute atomic E-state index is 0.0623. The number of carbonyl (C=O) groups is 3. The third-order valence-electron chi connectivity index (χ3n) is 12.8. The summed E-state index contributed by atoms with van der Waals surface area (Å²) in [6.45, 7) is 9.04. The van der Waals surface area contributed by atoms with Gasteiger partial charge in [-0.05, 0) is 25.2 Å². The molecule has 0 aliphatic rings. The van der Waals surface area contributed by atoms with Crippen molar-refractivity contribution < 1.29 is 28.6 Å². The smallest absolute Gasteiger partial charge is 0.306 e. The molecule has 0 aliphatic carbocycles. The Morgan fingerprint density at radius 1 is 0.306 bits per heavy atom. The van der Waals surface area contributed by atoms with E-state index in [4.69, 9.17) is 14.2 Å². The highest BCUT2D eigenvalue weighted by molar-refractivity contribution is 5.71. The van der Waals surface area contributed by atoms with E-state index in [0.29, 0.717) is 19.3 Å². The van der Waals surface area contributed by atoms with Gasteiger partial charge in [0.05, 0.1) is 0 Å². The molecule has 0 saturated carbocycles. The van der Waals surface area contributed by atoms with E-state index in [-0.39, 0.29) is 31.1 Å². The monoisotopic (exact) mass is 877 g/mol. The Morgan fingerprint density at radius 3 is 0.790 bits per heavy atom. The van der Waals surface area contributed by atoms with Crippen LogP contribution in [0.5, 0.6) is 0 Å². The molecular weight excluding hydrogens is 769 g/mol. The van der Waals surface area contributed by atoms with Crippen LogP contribution in [0.25, 0.3) is 0 Å². The molecule has 0 N–H and O–H groups in total. The van der Waals surface area contributed by atoms with Crippen molar-refractivity contribution in [2.75, 3.05) is 13.2 Å². The van der Waals surface area contributed by atoms with Gasteiger partial charge in [-0.3, -0.25) is 14.4 Å². The van der Waals surface area contributed by atoms with E-state index >= 15 is 0 Å². The van der Waals surface area contributed by atoms with Gasteiger partial charge in [-0.15, -0.1) is 0 Å². The van der Waals surface area contributed by atoms with Gasteiger partial charge >= 0.3 is 17.9 Å². The summed E-state index contributed by atoms with van der Waals surface area (Å²) in [5.74, 6) is 0.00796. The first kappa shape index (κ1) is 60.4. The second kappa shape index (κ2) is 50.4. The number of hydrogen-bond donors (Lipinski definition) is 0. The quantitative estimate of drug-likeness (QED) is 0.0344. The first-order valence-electron chi connectivity index (χ1n) is 27.9. The van der Waals surface area contributed by atoms with Gasteiger partial charge in [0, 0.05) is 19.3 Å². The number of unbranched alkanes of at least 4 members (excludes halogenated alkanes) is 38. The van der Waals surface area contributed by atoms with E-state index < -0.39 is 6.10 Å².